The third kappa shape index (κ3) is 3.31. The van der Waals surface area contributed by atoms with Crippen LogP contribution in [0, 0.1) is 0 Å². The zero-order valence-corrected chi connectivity index (χ0v) is 12.8. The number of likely N-dealkylation sites (tertiary alicyclic amines) is 1. The molecule has 3 rings (SSSR count). The van der Waals surface area contributed by atoms with E-state index in [1.807, 2.05) is 18.2 Å². The lowest BCUT2D eigenvalue weighted by Crippen LogP contribution is -2.39. The molecule has 2 aliphatic heterocycles. The summed E-state index contributed by atoms with van der Waals surface area (Å²) in [5.74, 6) is 1.50. The molecule has 21 heavy (non-hydrogen) atoms. The Labute approximate surface area is 126 Å². The van der Waals surface area contributed by atoms with Crippen molar-refractivity contribution in [2.24, 2.45) is 0 Å². The largest absolute Gasteiger partial charge is 0.454 e. The number of likely N-dealkylation sites (N-methyl/N-ethyl adjacent to an activating group) is 1. The van der Waals surface area contributed by atoms with Crippen molar-refractivity contribution in [3.8, 4) is 11.5 Å². The van der Waals surface area contributed by atoms with Crippen LogP contribution in [0.5, 0.6) is 11.5 Å². The predicted octanol–water partition coefficient (Wildman–Crippen LogP) is 1.47. The molecule has 2 unspecified atom stereocenters. The molecule has 0 bridgehead atoms. The maximum absolute atomic E-state index is 10.5. The molecule has 0 aromatic heterocycles. The fourth-order valence-corrected chi connectivity index (χ4v) is 3.21. The van der Waals surface area contributed by atoms with E-state index in [1.54, 1.807) is 0 Å². The normalized spacial score (nSPS) is 23.0. The summed E-state index contributed by atoms with van der Waals surface area (Å²) in [6, 6.07) is 6.24. The Morgan fingerprint density at radius 1 is 1.33 bits per heavy atom. The lowest BCUT2D eigenvalue weighted by Gasteiger charge is -2.29. The van der Waals surface area contributed by atoms with Crippen LogP contribution in [0.15, 0.2) is 18.2 Å². The van der Waals surface area contributed by atoms with Crippen LogP contribution in [0.3, 0.4) is 0 Å². The van der Waals surface area contributed by atoms with E-state index >= 15 is 0 Å². The van der Waals surface area contributed by atoms with Crippen molar-refractivity contribution >= 4 is 0 Å². The van der Waals surface area contributed by atoms with Gasteiger partial charge in [0, 0.05) is 19.1 Å². The van der Waals surface area contributed by atoms with Gasteiger partial charge in [0.15, 0.2) is 11.5 Å². The number of hydrogen-bond donors (Lipinski definition) is 1. The maximum atomic E-state index is 10.5. The van der Waals surface area contributed by atoms with Gasteiger partial charge < -0.3 is 19.5 Å². The van der Waals surface area contributed by atoms with Gasteiger partial charge >= 0.3 is 0 Å². The van der Waals surface area contributed by atoms with E-state index in [2.05, 4.69) is 23.9 Å². The lowest BCUT2D eigenvalue weighted by molar-refractivity contribution is 0.0978. The highest BCUT2D eigenvalue weighted by molar-refractivity contribution is 5.45. The molecule has 1 aromatic rings. The number of nitrogens with zero attached hydrogens (tertiary/aromatic N) is 2. The van der Waals surface area contributed by atoms with Crippen molar-refractivity contribution in [2.75, 3.05) is 40.5 Å². The van der Waals surface area contributed by atoms with Crippen molar-refractivity contribution in [3.05, 3.63) is 23.8 Å². The molecule has 0 saturated carbocycles. The van der Waals surface area contributed by atoms with E-state index < -0.39 is 6.10 Å². The van der Waals surface area contributed by atoms with Crippen molar-refractivity contribution in [1.82, 2.24) is 9.80 Å². The van der Waals surface area contributed by atoms with Crippen molar-refractivity contribution in [1.29, 1.82) is 0 Å². The third-order valence-electron chi connectivity index (χ3n) is 4.26. The van der Waals surface area contributed by atoms with E-state index in [4.69, 9.17) is 9.47 Å². The third-order valence-corrected chi connectivity index (χ3v) is 4.26. The highest BCUT2D eigenvalue weighted by Gasteiger charge is 2.27. The highest BCUT2D eigenvalue weighted by Crippen LogP contribution is 2.34. The van der Waals surface area contributed by atoms with Gasteiger partial charge in [-0.3, -0.25) is 4.90 Å². The second-order valence-corrected chi connectivity index (χ2v) is 6.18. The Hall–Kier alpha value is -1.30. The van der Waals surface area contributed by atoms with E-state index in [0.29, 0.717) is 12.6 Å². The number of aliphatic hydroxyl groups excluding tert-OH is 1. The van der Waals surface area contributed by atoms with Crippen LogP contribution >= 0.6 is 0 Å². The Morgan fingerprint density at radius 2 is 2.14 bits per heavy atom. The Kier molecular flexibility index (Phi) is 4.33. The minimum Gasteiger partial charge on any atom is -0.454 e. The fourth-order valence-electron chi connectivity index (χ4n) is 3.21. The molecule has 0 aliphatic carbocycles. The van der Waals surface area contributed by atoms with Gasteiger partial charge in [-0.1, -0.05) is 6.07 Å². The number of rotatable bonds is 5. The summed E-state index contributed by atoms with van der Waals surface area (Å²) >= 11 is 0. The fraction of sp³-hybridized carbons (Fsp3) is 0.625. The summed E-state index contributed by atoms with van der Waals surface area (Å²) in [7, 11) is 4.20. The van der Waals surface area contributed by atoms with Crippen LogP contribution < -0.4 is 9.47 Å². The summed E-state index contributed by atoms with van der Waals surface area (Å²) in [6.45, 7) is 3.07. The second-order valence-electron chi connectivity index (χ2n) is 6.18. The number of β-amino-alcohol motifs (C(OH)–C–C–N with tert-alkyl or cyclic N) is 1. The van der Waals surface area contributed by atoms with E-state index in [0.717, 1.165) is 30.2 Å². The number of aliphatic hydroxyl groups is 1. The van der Waals surface area contributed by atoms with Gasteiger partial charge in [0.25, 0.3) is 0 Å². The first-order chi connectivity index (χ1) is 10.1. The summed E-state index contributed by atoms with van der Waals surface area (Å²) in [5.41, 5.74) is 0.898. The Balaban J connectivity index is 1.64. The van der Waals surface area contributed by atoms with E-state index in [-0.39, 0.29) is 6.79 Å². The topological polar surface area (TPSA) is 45.2 Å². The molecule has 0 radical (unpaired) electrons. The maximum Gasteiger partial charge on any atom is 0.231 e. The average molecular weight is 292 g/mol. The predicted molar refractivity (Wildman–Crippen MR) is 80.7 cm³/mol. The molecule has 0 spiro atoms. The number of benzene rings is 1. The smallest absolute Gasteiger partial charge is 0.231 e. The monoisotopic (exact) mass is 292 g/mol. The van der Waals surface area contributed by atoms with Gasteiger partial charge in [-0.25, -0.2) is 0 Å². The van der Waals surface area contributed by atoms with Gasteiger partial charge in [0.1, 0.15) is 0 Å². The molecular formula is C16H24N2O3. The van der Waals surface area contributed by atoms with Crippen LogP contribution in [-0.2, 0) is 0 Å². The summed E-state index contributed by atoms with van der Waals surface area (Å²) < 4.78 is 10.7. The first-order valence-electron chi connectivity index (χ1n) is 7.60. The zero-order valence-electron chi connectivity index (χ0n) is 12.8. The van der Waals surface area contributed by atoms with Crippen molar-refractivity contribution in [3.63, 3.8) is 0 Å². The second kappa shape index (κ2) is 6.22. The molecule has 1 aromatic carbocycles. The number of hydrogen-bond acceptors (Lipinski definition) is 5. The molecule has 2 atom stereocenters. The van der Waals surface area contributed by atoms with Crippen LogP contribution in [0.25, 0.3) is 0 Å². The van der Waals surface area contributed by atoms with Crippen molar-refractivity contribution < 1.29 is 14.6 Å². The zero-order chi connectivity index (χ0) is 14.8. The number of fused-ring (bicyclic) bond motifs is 1. The average Bonchev–Trinajstić information content (AvgIpc) is 3.06. The lowest BCUT2D eigenvalue weighted by atomic mass is 10.1. The molecule has 0 amide bonds. The van der Waals surface area contributed by atoms with Gasteiger partial charge in [0.05, 0.1) is 6.10 Å². The summed E-state index contributed by atoms with van der Waals surface area (Å²) in [4.78, 5) is 4.62. The molecular weight excluding hydrogens is 268 g/mol. The van der Waals surface area contributed by atoms with E-state index in [1.165, 1.54) is 12.8 Å². The number of ether oxygens (including phenoxy) is 2. The van der Waals surface area contributed by atoms with Crippen LogP contribution in [-0.4, -0.2) is 61.5 Å². The molecule has 5 heteroatoms. The minimum absolute atomic E-state index is 0.270. The first-order valence-corrected chi connectivity index (χ1v) is 7.60. The van der Waals surface area contributed by atoms with Crippen LogP contribution in [0.4, 0.5) is 0 Å². The van der Waals surface area contributed by atoms with Crippen molar-refractivity contribution in [2.45, 2.75) is 25.0 Å². The van der Waals surface area contributed by atoms with Gasteiger partial charge in [-0.15, -0.1) is 0 Å². The molecule has 2 aliphatic rings. The summed E-state index contributed by atoms with van der Waals surface area (Å²) in [5, 5.41) is 10.5. The van der Waals surface area contributed by atoms with Gasteiger partial charge in [0.2, 0.25) is 6.79 Å². The van der Waals surface area contributed by atoms with Gasteiger partial charge in [-0.05, 0) is 51.2 Å². The molecule has 1 fully saturated rings. The molecule has 5 nitrogen and oxygen atoms in total. The first kappa shape index (κ1) is 14.6. The van der Waals surface area contributed by atoms with Crippen LogP contribution in [0.2, 0.25) is 0 Å². The summed E-state index contributed by atoms with van der Waals surface area (Å²) in [6.07, 6.45) is 1.94. The molecule has 2 heterocycles. The highest BCUT2D eigenvalue weighted by atomic mass is 16.7. The SMILES string of the molecule is CN(C)CC1CCCN1CC(O)c1ccc2c(c1)OCO2. The standard InChI is InChI=1S/C16H24N2O3/c1-17(2)9-13-4-3-7-18(13)10-14(19)12-5-6-15-16(8-12)21-11-20-15/h5-6,8,13-14,19H,3-4,7,9-11H2,1-2H3. The van der Waals surface area contributed by atoms with E-state index in [9.17, 15) is 5.11 Å². The Bertz CT molecular complexity index is 492. The molecule has 116 valence electrons. The van der Waals surface area contributed by atoms with Gasteiger partial charge in [-0.2, -0.15) is 0 Å². The molecule has 1 saturated heterocycles. The van der Waals surface area contributed by atoms with Crippen LogP contribution in [0.1, 0.15) is 24.5 Å². The quantitative estimate of drug-likeness (QED) is 0.890. The minimum atomic E-state index is -0.484. The molecule has 1 N–H and O–H groups in total. The Morgan fingerprint density at radius 3 is 2.95 bits per heavy atom.